The van der Waals surface area contributed by atoms with E-state index >= 15 is 0 Å². The van der Waals surface area contributed by atoms with E-state index in [4.69, 9.17) is 0 Å². The lowest BCUT2D eigenvalue weighted by atomic mass is 9.87. The number of methoxy groups -OCH3 is 1. The van der Waals surface area contributed by atoms with E-state index in [-0.39, 0.29) is 23.8 Å². The van der Waals surface area contributed by atoms with Crippen LogP contribution in [0.2, 0.25) is 0 Å². The van der Waals surface area contributed by atoms with Crippen molar-refractivity contribution in [2.75, 3.05) is 13.7 Å². The third-order valence-electron chi connectivity index (χ3n) is 4.29. The fourth-order valence-corrected chi connectivity index (χ4v) is 2.52. The number of carbonyl (C=O) groups excluding carboxylic acids is 3. The summed E-state index contributed by atoms with van der Waals surface area (Å²) >= 11 is 0. The van der Waals surface area contributed by atoms with E-state index in [2.05, 4.69) is 36.1 Å². The van der Waals surface area contributed by atoms with Gasteiger partial charge in [0.05, 0.1) is 19.2 Å². The molecule has 2 N–H and O–H groups in total. The van der Waals surface area contributed by atoms with Gasteiger partial charge < -0.3 is 15.4 Å². The van der Waals surface area contributed by atoms with Crippen LogP contribution in [0.15, 0.2) is 48.5 Å². The summed E-state index contributed by atoms with van der Waals surface area (Å²) in [6.45, 7) is 6.51. The van der Waals surface area contributed by atoms with Crippen molar-refractivity contribution in [1.29, 1.82) is 0 Å². The van der Waals surface area contributed by atoms with Crippen molar-refractivity contribution in [2.24, 2.45) is 0 Å². The van der Waals surface area contributed by atoms with Crippen molar-refractivity contribution in [2.45, 2.75) is 32.7 Å². The summed E-state index contributed by atoms with van der Waals surface area (Å²) < 4.78 is 4.64. The molecule has 0 saturated heterocycles. The molecule has 0 atom stereocenters. The number of rotatable bonds is 6. The highest BCUT2D eigenvalue weighted by Gasteiger charge is 2.14. The van der Waals surface area contributed by atoms with Crippen LogP contribution in [0.5, 0.6) is 0 Å². The summed E-state index contributed by atoms with van der Waals surface area (Å²) in [6.07, 6.45) is 0. The lowest BCUT2D eigenvalue weighted by molar-refractivity contribution is -0.120. The smallest absolute Gasteiger partial charge is 0.337 e. The van der Waals surface area contributed by atoms with Crippen LogP contribution in [0.1, 0.15) is 52.6 Å². The predicted octanol–water partition coefficient (Wildman–Crippen LogP) is 2.82. The molecule has 0 radical (unpaired) electrons. The van der Waals surface area contributed by atoms with Gasteiger partial charge in [-0.05, 0) is 40.8 Å². The molecular formula is C22H26N2O4. The Morgan fingerprint density at radius 2 is 1.43 bits per heavy atom. The molecule has 0 unspecified atom stereocenters. The number of amides is 2. The Morgan fingerprint density at radius 3 is 1.96 bits per heavy atom. The largest absolute Gasteiger partial charge is 0.465 e. The van der Waals surface area contributed by atoms with Crippen LogP contribution in [-0.4, -0.2) is 31.4 Å². The van der Waals surface area contributed by atoms with E-state index in [0.717, 1.165) is 11.1 Å². The lowest BCUT2D eigenvalue weighted by Crippen LogP contribution is -2.36. The number of hydrogen-bond donors (Lipinski definition) is 2. The topological polar surface area (TPSA) is 84.5 Å². The van der Waals surface area contributed by atoms with Crippen LogP contribution in [0.3, 0.4) is 0 Å². The molecule has 6 heteroatoms. The Hall–Kier alpha value is -3.15. The van der Waals surface area contributed by atoms with Crippen molar-refractivity contribution >= 4 is 17.8 Å². The zero-order valence-electron chi connectivity index (χ0n) is 16.7. The highest BCUT2D eigenvalue weighted by molar-refractivity contribution is 5.96. The zero-order chi connectivity index (χ0) is 20.7. The van der Waals surface area contributed by atoms with E-state index in [1.54, 1.807) is 36.4 Å². The molecule has 0 spiro atoms. The highest BCUT2D eigenvalue weighted by Crippen LogP contribution is 2.22. The molecule has 0 heterocycles. The number of carbonyl (C=O) groups is 3. The first-order valence-electron chi connectivity index (χ1n) is 9.03. The second-order valence-corrected chi connectivity index (χ2v) is 7.48. The van der Waals surface area contributed by atoms with E-state index in [9.17, 15) is 14.4 Å². The van der Waals surface area contributed by atoms with Crippen LogP contribution in [0.4, 0.5) is 0 Å². The normalized spacial score (nSPS) is 10.9. The third-order valence-corrected chi connectivity index (χ3v) is 4.29. The van der Waals surface area contributed by atoms with E-state index < -0.39 is 5.97 Å². The Bertz CT molecular complexity index is 834. The summed E-state index contributed by atoms with van der Waals surface area (Å²) in [5, 5.41) is 5.34. The van der Waals surface area contributed by atoms with Crippen molar-refractivity contribution in [3.05, 3.63) is 70.8 Å². The van der Waals surface area contributed by atoms with Gasteiger partial charge in [0.1, 0.15) is 0 Å². The van der Waals surface area contributed by atoms with Gasteiger partial charge in [-0.1, -0.05) is 45.0 Å². The standard InChI is InChI=1S/C22H26N2O4/c1-22(2,3)18-11-9-16(10-12-18)20(26)24-14-19(25)23-13-15-5-7-17(8-6-15)21(27)28-4/h5-12H,13-14H2,1-4H3,(H,23,25)(H,24,26). The third kappa shape index (κ3) is 5.94. The van der Waals surface area contributed by atoms with E-state index in [1.165, 1.54) is 7.11 Å². The molecule has 0 aliphatic carbocycles. The van der Waals surface area contributed by atoms with Gasteiger partial charge in [-0.15, -0.1) is 0 Å². The first kappa shape index (κ1) is 21.2. The van der Waals surface area contributed by atoms with Gasteiger partial charge in [-0.3, -0.25) is 9.59 Å². The van der Waals surface area contributed by atoms with Gasteiger partial charge in [-0.25, -0.2) is 4.79 Å². The van der Waals surface area contributed by atoms with Crippen molar-refractivity contribution in [3.8, 4) is 0 Å². The van der Waals surface area contributed by atoms with E-state index in [0.29, 0.717) is 17.7 Å². The quantitative estimate of drug-likeness (QED) is 0.753. The summed E-state index contributed by atoms with van der Waals surface area (Å²) in [5.41, 5.74) is 2.95. The van der Waals surface area contributed by atoms with Crippen molar-refractivity contribution < 1.29 is 19.1 Å². The van der Waals surface area contributed by atoms with Crippen LogP contribution >= 0.6 is 0 Å². The molecule has 2 aromatic carbocycles. The van der Waals surface area contributed by atoms with Crippen molar-refractivity contribution in [1.82, 2.24) is 10.6 Å². The van der Waals surface area contributed by atoms with Crippen LogP contribution < -0.4 is 10.6 Å². The van der Waals surface area contributed by atoms with Crippen LogP contribution in [0.25, 0.3) is 0 Å². The molecular weight excluding hydrogens is 356 g/mol. The van der Waals surface area contributed by atoms with Gasteiger partial charge in [0.15, 0.2) is 0 Å². The molecule has 6 nitrogen and oxygen atoms in total. The molecule has 0 fully saturated rings. The fourth-order valence-electron chi connectivity index (χ4n) is 2.52. The Balaban J connectivity index is 1.80. The minimum Gasteiger partial charge on any atom is -0.465 e. The number of benzene rings is 2. The fraction of sp³-hybridized carbons (Fsp3) is 0.318. The molecule has 0 aliphatic heterocycles. The molecule has 2 rings (SSSR count). The molecule has 148 valence electrons. The maximum atomic E-state index is 12.2. The molecule has 0 aliphatic rings. The molecule has 28 heavy (non-hydrogen) atoms. The number of nitrogens with one attached hydrogen (secondary N) is 2. The molecule has 2 aromatic rings. The highest BCUT2D eigenvalue weighted by atomic mass is 16.5. The second kappa shape index (κ2) is 9.17. The second-order valence-electron chi connectivity index (χ2n) is 7.48. The minimum absolute atomic E-state index is 0.0178. The maximum absolute atomic E-state index is 12.2. The van der Waals surface area contributed by atoms with Crippen LogP contribution in [-0.2, 0) is 21.5 Å². The van der Waals surface area contributed by atoms with Gasteiger partial charge in [0.2, 0.25) is 5.91 Å². The van der Waals surface area contributed by atoms with Gasteiger partial charge in [-0.2, -0.15) is 0 Å². The average molecular weight is 382 g/mol. The summed E-state index contributed by atoms with van der Waals surface area (Å²) in [4.78, 5) is 35.5. The predicted molar refractivity (Wildman–Crippen MR) is 107 cm³/mol. The minimum atomic E-state index is -0.408. The molecule has 0 bridgehead atoms. The van der Waals surface area contributed by atoms with E-state index in [1.807, 2.05) is 12.1 Å². The number of hydrogen-bond acceptors (Lipinski definition) is 4. The number of ether oxygens (including phenoxy) is 1. The molecule has 0 aromatic heterocycles. The van der Waals surface area contributed by atoms with Gasteiger partial charge in [0, 0.05) is 12.1 Å². The van der Waals surface area contributed by atoms with Crippen molar-refractivity contribution in [3.63, 3.8) is 0 Å². The SMILES string of the molecule is COC(=O)c1ccc(CNC(=O)CNC(=O)c2ccc(C(C)(C)C)cc2)cc1. The number of esters is 1. The summed E-state index contributed by atoms with van der Waals surface area (Å²) in [7, 11) is 1.32. The Morgan fingerprint density at radius 1 is 0.857 bits per heavy atom. The van der Waals surface area contributed by atoms with Crippen LogP contribution in [0, 0.1) is 0 Å². The first-order valence-corrected chi connectivity index (χ1v) is 9.03. The summed E-state index contributed by atoms with van der Waals surface area (Å²) in [5.74, 6) is -0.997. The first-order chi connectivity index (χ1) is 13.2. The Kier molecular flexibility index (Phi) is 6.93. The average Bonchev–Trinajstić information content (AvgIpc) is 2.69. The summed E-state index contributed by atoms with van der Waals surface area (Å²) in [6, 6.07) is 14.1. The molecule has 0 saturated carbocycles. The van der Waals surface area contributed by atoms with Gasteiger partial charge >= 0.3 is 5.97 Å². The Labute approximate surface area is 165 Å². The zero-order valence-corrected chi connectivity index (χ0v) is 16.7. The lowest BCUT2D eigenvalue weighted by Gasteiger charge is -2.19. The monoisotopic (exact) mass is 382 g/mol. The van der Waals surface area contributed by atoms with Gasteiger partial charge in [0.25, 0.3) is 5.91 Å². The molecule has 2 amide bonds. The maximum Gasteiger partial charge on any atom is 0.337 e.